The summed E-state index contributed by atoms with van der Waals surface area (Å²) < 4.78 is 24.0. The molecule has 0 bridgehead atoms. The fourth-order valence-corrected chi connectivity index (χ4v) is 5.05. The summed E-state index contributed by atoms with van der Waals surface area (Å²) >= 11 is 5.92. The van der Waals surface area contributed by atoms with Gasteiger partial charge in [0.25, 0.3) is 5.91 Å². The van der Waals surface area contributed by atoms with E-state index in [1.807, 2.05) is 31.2 Å². The minimum Gasteiger partial charge on any atom is -0.304 e. The molecule has 1 heterocycles. The average Bonchev–Trinajstić information content (AvgIpc) is 2.95. The van der Waals surface area contributed by atoms with Crippen LogP contribution in [-0.2, 0) is 16.3 Å². The van der Waals surface area contributed by atoms with Gasteiger partial charge in [0.1, 0.15) is 0 Å². The van der Waals surface area contributed by atoms with Crippen LogP contribution in [0, 0.1) is 0 Å². The van der Waals surface area contributed by atoms with Crippen molar-refractivity contribution < 1.29 is 13.2 Å². The Kier molecular flexibility index (Phi) is 5.16. The van der Waals surface area contributed by atoms with E-state index in [0.29, 0.717) is 17.0 Å². The van der Waals surface area contributed by atoms with E-state index in [1.165, 1.54) is 0 Å². The molecule has 3 rings (SSSR count). The lowest BCUT2D eigenvalue weighted by Crippen LogP contribution is -2.42. The first-order valence-corrected chi connectivity index (χ1v) is 10.5. The van der Waals surface area contributed by atoms with Crippen LogP contribution in [0.25, 0.3) is 0 Å². The minimum absolute atomic E-state index is 0.00434. The van der Waals surface area contributed by atoms with Gasteiger partial charge in [0.2, 0.25) is 0 Å². The predicted molar refractivity (Wildman–Crippen MR) is 101 cm³/mol. The molecule has 25 heavy (non-hydrogen) atoms. The predicted octanol–water partition coefficient (Wildman–Crippen LogP) is 3.74. The molecule has 1 aliphatic heterocycles. The summed E-state index contributed by atoms with van der Waals surface area (Å²) in [5.74, 6) is -0.0690. The van der Waals surface area contributed by atoms with Crippen molar-refractivity contribution in [2.45, 2.75) is 25.8 Å². The summed E-state index contributed by atoms with van der Waals surface area (Å²) in [6.07, 6.45) is 1.22. The third-order valence-electron chi connectivity index (χ3n) is 4.52. The van der Waals surface area contributed by atoms with Crippen molar-refractivity contribution in [3.63, 3.8) is 0 Å². The Morgan fingerprint density at radius 1 is 1.16 bits per heavy atom. The maximum absolute atomic E-state index is 13.2. The molecule has 0 spiro atoms. The Hall–Kier alpha value is -1.85. The van der Waals surface area contributed by atoms with E-state index in [1.54, 1.807) is 29.2 Å². The fourth-order valence-electron chi connectivity index (χ4n) is 3.23. The second-order valence-corrected chi connectivity index (χ2v) is 8.89. The number of carbonyl (C=O) groups is 1. The van der Waals surface area contributed by atoms with E-state index < -0.39 is 9.84 Å². The van der Waals surface area contributed by atoms with Crippen molar-refractivity contribution in [3.05, 3.63) is 64.7 Å². The van der Waals surface area contributed by atoms with Gasteiger partial charge in [-0.1, -0.05) is 36.7 Å². The van der Waals surface area contributed by atoms with Crippen molar-refractivity contribution in [1.29, 1.82) is 0 Å². The number of hydrogen-bond acceptors (Lipinski definition) is 3. The van der Waals surface area contributed by atoms with E-state index in [0.717, 1.165) is 17.7 Å². The van der Waals surface area contributed by atoms with Crippen LogP contribution in [-0.4, -0.2) is 31.9 Å². The van der Waals surface area contributed by atoms with Crippen LogP contribution in [0.15, 0.2) is 48.5 Å². The van der Waals surface area contributed by atoms with Crippen molar-refractivity contribution in [1.82, 2.24) is 0 Å². The summed E-state index contributed by atoms with van der Waals surface area (Å²) in [7, 11) is -3.11. The highest BCUT2D eigenvalue weighted by atomic mass is 35.5. The smallest absolute Gasteiger partial charge is 0.258 e. The van der Waals surface area contributed by atoms with Gasteiger partial charge in [-0.25, -0.2) is 8.42 Å². The van der Waals surface area contributed by atoms with E-state index in [2.05, 4.69) is 0 Å². The molecule has 1 amide bonds. The van der Waals surface area contributed by atoms with Crippen molar-refractivity contribution in [2.75, 3.05) is 16.4 Å². The SMILES string of the molecule is CCc1ccccc1N(C(=O)c1ccc(Cl)cc1)C1CCS(=O)(=O)C1. The summed E-state index contributed by atoms with van der Waals surface area (Å²) in [6, 6.07) is 14.0. The highest BCUT2D eigenvalue weighted by Crippen LogP contribution is 2.30. The molecule has 1 aliphatic rings. The van der Waals surface area contributed by atoms with Crippen LogP contribution < -0.4 is 4.90 Å². The van der Waals surface area contributed by atoms with Crippen LogP contribution in [0.1, 0.15) is 29.3 Å². The summed E-state index contributed by atoms with van der Waals surface area (Å²) in [5.41, 5.74) is 2.31. The van der Waals surface area contributed by atoms with Gasteiger partial charge in [0.15, 0.2) is 9.84 Å². The topological polar surface area (TPSA) is 54.5 Å². The maximum Gasteiger partial charge on any atom is 0.258 e. The molecule has 0 saturated carbocycles. The largest absolute Gasteiger partial charge is 0.304 e. The molecule has 6 heteroatoms. The molecule has 1 saturated heterocycles. The van der Waals surface area contributed by atoms with Gasteiger partial charge in [0.05, 0.1) is 17.5 Å². The highest BCUT2D eigenvalue weighted by Gasteiger charge is 2.36. The minimum atomic E-state index is -3.11. The standard InChI is InChI=1S/C19H20ClNO3S/c1-2-14-5-3-4-6-18(14)21(17-11-12-25(23,24)13-17)19(22)15-7-9-16(20)10-8-15/h3-10,17H,2,11-13H2,1H3. The third kappa shape index (κ3) is 3.88. The fraction of sp³-hybridized carbons (Fsp3) is 0.316. The van der Waals surface area contributed by atoms with Crippen LogP contribution in [0.3, 0.4) is 0 Å². The molecule has 0 aliphatic carbocycles. The highest BCUT2D eigenvalue weighted by molar-refractivity contribution is 7.91. The zero-order chi connectivity index (χ0) is 18.0. The van der Waals surface area contributed by atoms with Crippen molar-refractivity contribution in [2.24, 2.45) is 0 Å². The molecule has 0 N–H and O–H groups in total. The summed E-state index contributed by atoms with van der Waals surface area (Å²) in [5, 5.41) is 0.556. The number of benzene rings is 2. The second-order valence-electron chi connectivity index (χ2n) is 6.22. The zero-order valence-electron chi connectivity index (χ0n) is 14.0. The number of nitrogens with zero attached hydrogens (tertiary/aromatic N) is 1. The molecule has 2 aromatic carbocycles. The lowest BCUT2D eigenvalue weighted by Gasteiger charge is -2.30. The third-order valence-corrected chi connectivity index (χ3v) is 6.52. The van der Waals surface area contributed by atoms with E-state index >= 15 is 0 Å². The first-order chi connectivity index (χ1) is 11.9. The molecule has 1 fully saturated rings. The number of hydrogen-bond donors (Lipinski definition) is 0. The number of amides is 1. The maximum atomic E-state index is 13.2. The normalized spacial score (nSPS) is 18.9. The average molecular weight is 378 g/mol. The zero-order valence-corrected chi connectivity index (χ0v) is 15.6. The Morgan fingerprint density at radius 3 is 2.44 bits per heavy atom. The van der Waals surface area contributed by atoms with Crippen molar-refractivity contribution in [3.8, 4) is 0 Å². The van der Waals surface area contributed by atoms with Gasteiger partial charge < -0.3 is 4.90 Å². The van der Waals surface area contributed by atoms with Gasteiger partial charge in [-0.05, 0) is 48.7 Å². The quantitative estimate of drug-likeness (QED) is 0.815. The summed E-state index contributed by atoms with van der Waals surface area (Å²) in [4.78, 5) is 14.9. The number of para-hydroxylation sites is 1. The van der Waals surface area contributed by atoms with E-state index in [4.69, 9.17) is 11.6 Å². The molecule has 132 valence electrons. The Bertz CT molecular complexity index is 878. The second kappa shape index (κ2) is 7.18. The first kappa shape index (κ1) is 18.0. The Balaban J connectivity index is 2.05. The molecular formula is C19H20ClNO3S. The first-order valence-electron chi connectivity index (χ1n) is 8.29. The van der Waals surface area contributed by atoms with Gasteiger partial charge in [-0.2, -0.15) is 0 Å². The van der Waals surface area contributed by atoms with Crippen LogP contribution >= 0.6 is 11.6 Å². The molecule has 2 aromatic rings. The van der Waals surface area contributed by atoms with Crippen molar-refractivity contribution >= 4 is 33.0 Å². The lowest BCUT2D eigenvalue weighted by molar-refractivity contribution is 0.0979. The van der Waals surface area contributed by atoms with Gasteiger partial charge in [-0.3, -0.25) is 4.79 Å². The number of rotatable bonds is 4. The number of halogens is 1. The van der Waals surface area contributed by atoms with E-state index in [9.17, 15) is 13.2 Å². The molecule has 1 unspecified atom stereocenters. The number of anilines is 1. The van der Waals surface area contributed by atoms with Gasteiger partial charge in [0, 0.05) is 16.3 Å². The molecule has 1 atom stereocenters. The van der Waals surface area contributed by atoms with Crippen LogP contribution in [0.4, 0.5) is 5.69 Å². The van der Waals surface area contributed by atoms with Gasteiger partial charge in [-0.15, -0.1) is 0 Å². The Labute approximate surface area is 153 Å². The molecule has 0 aromatic heterocycles. The molecule has 0 radical (unpaired) electrons. The van der Waals surface area contributed by atoms with Crippen LogP contribution in [0.5, 0.6) is 0 Å². The molecular weight excluding hydrogens is 358 g/mol. The number of sulfone groups is 1. The van der Waals surface area contributed by atoms with Gasteiger partial charge >= 0.3 is 0 Å². The monoisotopic (exact) mass is 377 g/mol. The lowest BCUT2D eigenvalue weighted by atomic mass is 10.0. The van der Waals surface area contributed by atoms with E-state index in [-0.39, 0.29) is 23.5 Å². The molecule has 4 nitrogen and oxygen atoms in total. The number of carbonyl (C=O) groups excluding carboxylic acids is 1. The van der Waals surface area contributed by atoms with Crippen LogP contribution in [0.2, 0.25) is 5.02 Å². The number of aryl methyl sites for hydroxylation is 1. The summed E-state index contributed by atoms with van der Waals surface area (Å²) in [6.45, 7) is 2.02. The Morgan fingerprint density at radius 2 is 1.84 bits per heavy atom.